The standard InChI is InChI=1S/C21H24N4OS/c1-26-20-9-3-2-8-18(20)19-10-11-21(24-23-19)25-12-4-6-16(15-25)22-14-17-7-5-13-27-17/h2-3,5,7-11,13,16,22H,4,6,12,14-15H2,1H3. The molecule has 3 heterocycles. The number of anilines is 1. The molecule has 1 aliphatic rings. The highest BCUT2D eigenvalue weighted by atomic mass is 32.1. The van der Waals surface area contributed by atoms with E-state index in [1.54, 1.807) is 18.4 Å². The Hall–Kier alpha value is -2.44. The summed E-state index contributed by atoms with van der Waals surface area (Å²) in [5.41, 5.74) is 1.80. The van der Waals surface area contributed by atoms with E-state index in [1.807, 2.05) is 30.3 Å². The topological polar surface area (TPSA) is 50.3 Å². The number of thiophene rings is 1. The molecule has 0 aliphatic carbocycles. The maximum atomic E-state index is 5.43. The SMILES string of the molecule is COc1ccccc1-c1ccc(N2CCCC(NCc3cccs3)C2)nn1. The third-order valence-electron chi connectivity index (χ3n) is 4.92. The fourth-order valence-electron chi connectivity index (χ4n) is 3.50. The maximum absolute atomic E-state index is 5.43. The van der Waals surface area contributed by atoms with Crippen LogP contribution in [0.2, 0.25) is 0 Å². The average molecular weight is 381 g/mol. The summed E-state index contributed by atoms with van der Waals surface area (Å²) >= 11 is 1.80. The summed E-state index contributed by atoms with van der Waals surface area (Å²) in [6, 6.07) is 16.8. The van der Waals surface area contributed by atoms with Crippen molar-refractivity contribution in [2.75, 3.05) is 25.1 Å². The fraction of sp³-hybridized carbons (Fsp3) is 0.333. The van der Waals surface area contributed by atoms with Crippen LogP contribution in [-0.2, 0) is 6.54 Å². The highest BCUT2D eigenvalue weighted by Gasteiger charge is 2.21. The Bertz CT molecular complexity index is 851. The summed E-state index contributed by atoms with van der Waals surface area (Å²) in [6.07, 6.45) is 2.37. The summed E-state index contributed by atoms with van der Waals surface area (Å²) in [4.78, 5) is 3.71. The number of aromatic nitrogens is 2. The molecule has 1 aliphatic heterocycles. The number of piperidine rings is 1. The molecule has 6 heteroatoms. The van der Waals surface area contributed by atoms with Crippen LogP contribution in [0.5, 0.6) is 5.75 Å². The first-order chi connectivity index (χ1) is 13.3. The third kappa shape index (κ3) is 4.28. The number of hydrogen-bond donors (Lipinski definition) is 1. The number of nitrogens with one attached hydrogen (secondary N) is 1. The van der Waals surface area contributed by atoms with Gasteiger partial charge in [0.1, 0.15) is 5.75 Å². The van der Waals surface area contributed by atoms with E-state index in [4.69, 9.17) is 4.74 Å². The molecule has 1 unspecified atom stereocenters. The van der Waals surface area contributed by atoms with E-state index in [2.05, 4.69) is 44.0 Å². The molecule has 1 saturated heterocycles. The van der Waals surface area contributed by atoms with Crippen molar-refractivity contribution in [3.8, 4) is 17.0 Å². The van der Waals surface area contributed by atoms with Gasteiger partial charge in [0.2, 0.25) is 0 Å². The van der Waals surface area contributed by atoms with E-state index in [-0.39, 0.29) is 0 Å². The number of ether oxygens (including phenoxy) is 1. The quantitative estimate of drug-likeness (QED) is 0.701. The third-order valence-corrected chi connectivity index (χ3v) is 5.80. The number of rotatable bonds is 6. The van der Waals surface area contributed by atoms with E-state index in [9.17, 15) is 0 Å². The minimum Gasteiger partial charge on any atom is -0.496 e. The largest absolute Gasteiger partial charge is 0.496 e. The highest BCUT2D eigenvalue weighted by molar-refractivity contribution is 7.09. The van der Waals surface area contributed by atoms with E-state index >= 15 is 0 Å². The first-order valence-electron chi connectivity index (χ1n) is 9.31. The average Bonchev–Trinajstić information content (AvgIpc) is 3.26. The van der Waals surface area contributed by atoms with Crippen molar-refractivity contribution in [3.63, 3.8) is 0 Å². The molecule has 3 aromatic rings. The molecule has 0 bridgehead atoms. The highest BCUT2D eigenvalue weighted by Crippen LogP contribution is 2.28. The van der Waals surface area contributed by atoms with E-state index in [0.29, 0.717) is 6.04 Å². The van der Waals surface area contributed by atoms with Gasteiger partial charge in [-0.2, -0.15) is 0 Å². The van der Waals surface area contributed by atoms with Gasteiger partial charge < -0.3 is 15.0 Å². The second-order valence-electron chi connectivity index (χ2n) is 6.72. The van der Waals surface area contributed by atoms with Crippen LogP contribution in [0.3, 0.4) is 0 Å². The van der Waals surface area contributed by atoms with Crippen molar-refractivity contribution in [1.29, 1.82) is 0 Å². The monoisotopic (exact) mass is 380 g/mol. The number of benzene rings is 1. The van der Waals surface area contributed by atoms with Crippen molar-refractivity contribution in [2.24, 2.45) is 0 Å². The van der Waals surface area contributed by atoms with E-state index in [1.165, 1.54) is 11.3 Å². The number of methoxy groups -OCH3 is 1. The van der Waals surface area contributed by atoms with Crippen LogP contribution in [0.15, 0.2) is 53.9 Å². The molecule has 1 N–H and O–H groups in total. The smallest absolute Gasteiger partial charge is 0.151 e. The molecule has 1 atom stereocenters. The molecule has 2 aromatic heterocycles. The maximum Gasteiger partial charge on any atom is 0.151 e. The summed E-state index contributed by atoms with van der Waals surface area (Å²) in [5.74, 6) is 1.76. The van der Waals surface area contributed by atoms with Gasteiger partial charge in [-0.25, -0.2) is 0 Å². The molecule has 27 heavy (non-hydrogen) atoms. The van der Waals surface area contributed by atoms with Gasteiger partial charge in [0.05, 0.1) is 12.8 Å². The normalized spacial score (nSPS) is 17.1. The van der Waals surface area contributed by atoms with Crippen LogP contribution in [-0.4, -0.2) is 36.4 Å². The van der Waals surface area contributed by atoms with Crippen molar-refractivity contribution in [2.45, 2.75) is 25.4 Å². The van der Waals surface area contributed by atoms with Gasteiger partial charge in [-0.15, -0.1) is 21.5 Å². The van der Waals surface area contributed by atoms with Gasteiger partial charge in [-0.3, -0.25) is 0 Å². The molecule has 5 nitrogen and oxygen atoms in total. The van der Waals surface area contributed by atoms with Gasteiger partial charge in [-0.05, 0) is 48.6 Å². The van der Waals surface area contributed by atoms with Crippen molar-refractivity contribution in [3.05, 3.63) is 58.8 Å². The molecule has 0 radical (unpaired) electrons. The van der Waals surface area contributed by atoms with E-state index < -0.39 is 0 Å². The first kappa shape index (κ1) is 17.9. The summed E-state index contributed by atoms with van der Waals surface area (Å²) in [5, 5.41) is 14.8. The zero-order valence-corrected chi connectivity index (χ0v) is 16.3. The van der Waals surface area contributed by atoms with Crippen LogP contribution in [0.25, 0.3) is 11.3 Å². The molecule has 0 spiro atoms. The predicted molar refractivity (Wildman–Crippen MR) is 110 cm³/mol. The van der Waals surface area contributed by atoms with Gasteiger partial charge in [0, 0.05) is 36.1 Å². The Balaban J connectivity index is 1.42. The minimum absolute atomic E-state index is 0.483. The molecular weight excluding hydrogens is 356 g/mol. The van der Waals surface area contributed by atoms with Gasteiger partial charge in [-0.1, -0.05) is 18.2 Å². The van der Waals surface area contributed by atoms with Gasteiger partial charge in [0.15, 0.2) is 5.82 Å². The molecule has 0 saturated carbocycles. The van der Waals surface area contributed by atoms with Crippen molar-refractivity contribution >= 4 is 17.2 Å². The Morgan fingerprint density at radius 1 is 1.15 bits per heavy atom. The molecule has 1 aromatic carbocycles. The van der Waals surface area contributed by atoms with Crippen LogP contribution in [0.1, 0.15) is 17.7 Å². The Morgan fingerprint density at radius 2 is 2.07 bits per heavy atom. The van der Waals surface area contributed by atoms with Crippen LogP contribution in [0.4, 0.5) is 5.82 Å². The lowest BCUT2D eigenvalue weighted by Crippen LogP contribution is -2.45. The zero-order chi connectivity index (χ0) is 18.5. The Morgan fingerprint density at radius 3 is 2.85 bits per heavy atom. The summed E-state index contributed by atoms with van der Waals surface area (Å²) in [6.45, 7) is 2.93. The lowest BCUT2D eigenvalue weighted by atomic mass is 10.1. The summed E-state index contributed by atoms with van der Waals surface area (Å²) < 4.78 is 5.43. The lowest BCUT2D eigenvalue weighted by molar-refractivity contribution is 0.416. The number of hydrogen-bond acceptors (Lipinski definition) is 6. The fourth-order valence-corrected chi connectivity index (χ4v) is 4.16. The van der Waals surface area contributed by atoms with Crippen molar-refractivity contribution in [1.82, 2.24) is 15.5 Å². The molecule has 140 valence electrons. The van der Waals surface area contributed by atoms with Gasteiger partial charge in [0.25, 0.3) is 0 Å². The van der Waals surface area contributed by atoms with Crippen LogP contribution >= 0.6 is 11.3 Å². The number of nitrogens with zero attached hydrogens (tertiary/aromatic N) is 3. The molecule has 4 rings (SSSR count). The zero-order valence-electron chi connectivity index (χ0n) is 15.5. The Labute approximate surface area is 164 Å². The van der Waals surface area contributed by atoms with E-state index in [0.717, 1.165) is 48.9 Å². The lowest BCUT2D eigenvalue weighted by Gasteiger charge is -2.33. The number of para-hydroxylation sites is 1. The van der Waals surface area contributed by atoms with Crippen LogP contribution in [0, 0.1) is 0 Å². The molecule has 1 fully saturated rings. The summed E-state index contributed by atoms with van der Waals surface area (Å²) in [7, 11) is 1.68. The first-order valence-corrected chi connectivity index (χ1v) is 10.2. The van der Waals surface area contributed by atoms with Crippen molar-refractivity contribution < 1.29 is 4.74 Å². The molecular formula is C21H24N4OS. The second-order valence-corrected chi connectivity index (χ2v) is 7.75. The minimum atomic E-state index is 0.483. The Kier molecular flexibility index (Phi) is 5.65. The predicted octanol–water partition coefficient (Wildman–Crippen LogP) is 3.97. The second kappa shape index (κ2) is 8.50. The molecule has 0 amide bonds. The van der Waals surface area contributed by atoms with Crippen LogP contribution < -0.4 is 15.0 Å². The van der Waals surface area contributed by atoms with Gasteiger partial charge >= 0.3 is 0 Å².